The molecular weight excluding hydrogens is 206 g/mol. The topological polar surface area (TPSA) is 80.5 Å². The number of nitriles is 1. The minimum absolute atomic E-state index is 0.349. The fourth-order valence-electron chi connectivity index (χ4n) is 1.37. The second-order valence-corrected chi connectivity index (χ2v) is 3.34. The van der Waals surface area contributed by atoms with Crippen LogP contribution in [-0.4, -0.2) is 19.7 Å². The smallest absolute Gasteiger partial charge is 0.226 e. The van der Waals surface area contributed by atoms with E-state index in [1.165, 1.54) is 0 Å². The van der Waals surface area contributed by atoms with E-state index in [1.807, 2.05) is 13.0 Å². The van der Waals surface area contributed by atoms with Gasteiger partial charge in [-0.15, -0.1) is 0 Å². The Morgan fingerprint density at radius 1 is 1.56 bits per heavy atom. The summed E-state index contributed by atoms with van der Waals surface area (Å²) in [7, 11) is 0. The van der Waals surface area contributed by atoms with E-state index in [0.29, 0.717) is 24.1 Å². The van der Waals surface area contributed by atoms with Gasteiger partial charge in [0.1, 0.15) is 6.07 Å². The van der Waals surface area contributed by atoms with Crippen molar-refractivity contribution in [1.82, 2.24) is 19.7 Å². The maximum absolute atomic E-state index is 8.78. The van der Waals surface area contributed by atoms with Crippen molar-refractivity contribution in [3.05, 3.63) is 29.9 Å². The molecule has 0 amide bonds. The van der Waals surface area contributed by atoms with E-state index in [4.69, 9.17) is 9.78 Å². The lowest BCUT2D eigenvalue weighted by atomic mass is 10.3. The molecule has 2 heterocycles. The zero-order valence-electron chi connectivity index (χ0n) is 8.92. The molecule has 82 valence electrons. The normalized spacial score (nSPS) is 10.2. The molecule has 6 heteroatoms. The minimum atomic E-state index is 0.349. The molecular formula is C10H11N5O. The molecule has 6 nitrogen and oxygen atoms in total. The Hall–Kier alpha value is -2.16. The molecule has 0 aromatic carbocycles. The third-order valence-electron chi connectivity index (χ3n) is 2.10. The number of aromatic nitrogens is 4. The SMILES string of the molecule is CCCc1nc(Cn2ccnc2C#N)no1. The summed E-state index contributed by atoms with van der Waals surface area (Å²) >= 11 is 0. The summed E-state index contributed by atoms with van der Waals surface area (Å²) in [6.07, 6.45) is 5.04. The Morgan fingerprint density at radius 2 is 2.44 bits per heavy atom. The monoisotopic (exact) mass is 217 g/mol. The number of rotatable bonds is 4. The van der Waals surface area contributed by atoms with Gasteiger partial charge in [0.05, 0.1) is 6.54 Å². The highest BCUT2D eigenvalue weighted by molar-refractivity contribution is 5.12. The standard InChI is InChI=1S/C10H11N5O/c1-2-3-10-13-8(14-16-10)7-15-5-4-12-9(15)6-11/h4-5H,2-3,7H2,1H3. The molecule has 0 radical (unpaired) electrons. The van der Waals surface area contributed by atoms with Gasteiger partial charge in [0.25, 0.3) is 0 Å². The van der Waals surface area contributed by atoms with E-state index in [0.717, 1.165) is 12.8 Å². The van der Waals surface area contributed by atoms with Crippen LogP contribution >= 0.6 is 0 Å². The van der Waals surface area contributed by atoms with Crippen molar-refractivity contribution in [2.75, 3.05) is 0 Å². The first-order valence-corrected chi connectivity index (χ1v) is 5.06. The average molecular weight is 217 g/mol. The third kappa shape index (κ3) is 2.08. The van der Waals surface area contributed by atoms with Crippen molar-refractivity contribution in [2.24, 2.45) is 0 Å². The van der Waals surface area contributed by atoms with Crippen molar-refractivity contribution in [3.63, 3.8) is 0 Å². The molecule has 0 saturated heterocycles. The summed E-state index contributed by atoms with van der Waals surface area (Å²) in [4.78, 5) is 8.10. The Labute approximate surface area is 92.5 Å². The summed E-state index contributed by atoms with van der Waals surface area (Å²) in [5.74, 6) is 1.55. The molecule has 0 aliphatic heterocycles. The highest BCUT2D eigenvalue weighted by Gasteiger charge is 2.08. The lowest BCUT2D eigenvalue weighted by Crippen LogP contribution is -2.03. The van der Waals surface area contributed by atoms with Crippen LogP contribution in [0.3, 0.4) is 0 Å². The van der Waals surface area contributed by atoms with Crippen molar-refractivity contribution in [3.8, 4) is 6.07 Å². The van der Waals surface area contributed by atoms with Gasteiger partial charge in [0.15, 0.2) is 5.82 Å². The van der Waals surface area contributed by atoms with Crippen LogP contribution in [0.5, 0.6) is 0 Å². The maximum Gasteiger partial charge on any atom is 0.226 e. The van der Waals surface area contributed by atoms with Gasteiger partial charge in [-0.2, -0.15) is 10.2 Å². The molecule has 0 unspecified atom stereocenters. The van der Waals surface area contributed by atoms with E-state index >= 15 is 0 Å². The van der Waals surface area contributed by atoms with Gasteiger partial charge < -0.3 is 9.09 Å². The van der Waals surface area contributed by atoms with Gasteiger partial charge in [-0.3, -0.25) is 0 Å². The summed E-state index contributed by atoms with van der Waals surface area (Å²) < 4.78 is 6.73. The number of aryl methyl sites for hydroxylation is 1. The Kier molecular flexibility index (Phi) is 2.96. The van der Waals surface area contributed by atoms with Gasteiger partial charge >= 0.3 is 0 Å². The molecule has 16 heavy (non-hydrogen) atoms. The fourth-order valence-corrected chi connectivity index (χ4v) is 1.37. The van der Waals surface area contributed by atoms with Gasteiger partial charge in [0.2, 0.25) is 11.7 Å². The van der Waals surface area contributed by atoms with Crippen LogP contribution in [0.2, 0.25) is 0 Å². The van der Waals surface area contributed by atoms with Crippen molar-refractivity contribution >= 4 is 0 Å². The van der Waals surface area contributed by atoms with Crippen molar-refractivity contribution in [1.29, 1.82) is 5.26 Å². The number of nitrogens with zero attached hydrogens (tertiary/aromatic N) is 5. The van der Waals surface area contributed by atoms with Gasteiger partial charge in [-0.05, 0) is 6.42 Å². The van der Waals surface area contributed by atoms with Gasteiger partial charge in [0, 0.05) is 18.8 Å². The average Bonchev–Trinajstić information content (AvgIpc) is 2.89. The van der Waals surface area contributed by atoms with Crippen LogP contribution in [-0.2, 0) is 13.0 Å². The largest absolute Gasteiger partial charge is 0.339 e. The summed E-state index contributed by atoms with van der Waals surface area (Å²) in [5.41, 5.74) is 0. The molecule has 0 bridgehead atoms. The van der Waals surface area contributed by atoms with E-state index in [-0.39, 0.29) is 0 Å². The first-order valence-electron chi connectivity index (χ1n) is 5.06. The van der Waals surface area contributed by atoms with Crippen molar-refractivity contribution in [2.45, 2.75) is 26.3 Å². The maximum atomic E-state index is 8.78. The van der Waals surface area contributed by atoms with Crippen LogP contribution in [0.4, 0.5) is 0 Å². The first-order chi connectivity index (χ1) is 7.83. The molecule has 0 spiro atoms. The third-order valence-corrected chi connectivity index (χ3v) is 2.10. The molecule has 2 rings (SSSR count). The molecule has 0 aliphatic rings. The Bertz CT molecular complexity index is 507. The highest BCUT2D eigenvalue weighted by atomic mass is 16.5. The molecule has 0 aliphatic carbocycles. The molecule has 2 aromatic rings. The zero-order chi connectivity index (χ0) is 11.4. The quantitative estimate of drug-likeness (QED) is 0.767. The molecule has 0 N–H and O–H groups in total. The lowest BCUT2D eigenvalue weighted by Gasteiger charge is -1.96. The minimum Gasteiger partial charge on any atom is -0.339 e. The Morgan fingerprint density at radius 3 is 3.19 bits per heavy atom. The number of hydrogen-bond acceptors (Lipinski definition) is 5. The van der Waals surface area contributed by atoms with Crippen LogP contribution in [0, 0.1) is 11.3 Å². The van der Waals surface area contributed by atoms with Crippen LogP contribution in [0.15, 0.2) is 16.9 Å². The van der Waals surface area contributed by atoms with Crippen LogP contribution in [0.1, 0.15) is 30.9 Å². The van der Waals surface area contributed by atoms with Crippen molar-refractivity contribution < 1.29 is 4.52 Å². The van der Waals surface area contributed by atoms with Crippen LogP contribution < -0.4 is 0 Å². The van der Waals surface area contributed by atoms with E-state index in [9.17, 15) is 0 Å². The van der Waals surface area contributed by atoms with Gasteiger partial charge in [-0.1, -0.05) is 12.1 Å². The molecule has 2 aromatic heterocycles. The van der Waals surface area contributed by atoms with E-state index < -0.39 is 0 Å². The second-order valence-electron chi connectivity index (χ2n) is 3.34. The number of imidazole rings is 1. The summed E-state index contributed by atoms with van der Waals surface area (Å²) in [6.45, 7) is 2.46. The first kappa shape index (κ1) is 10.4. The molecule has 0 fully saturated rings. The lowest BCUT2D eigenvalue weighted by molar-refractivity contribution is 0.371. The highest BCUT2D eigenvalue weighted by Crippen LogP contribution is 2.04. The summed E-state index contributed by atoms with van der Waals surface area (Å²) in [5, 5.41) is 12.6. The second kappa shape index (κ2) is 4.57. The van der Waals surface area contributed by atoms with E-state index in [2.05, 4.69) is 15.1 Å². The zero-order valence-corrected chi connectivity index (χ0v) is 8.92. The van der Waals surface area contributed by atoms with Gasteiger partial charge in [-0.25, -0.2) is 4.98 Å². The predicted molar refractivity (Wildman–Crippen MR) is 54.3 cm³/mol. The van der Waals surface area contributed by atoms with E-state index in [1.54, 1.807) is 17.0 Å². The summed E-state index contributed by atoms with van der Waals surface area (Å²) in [6, 6.07) is 1.99. The predicted octanol–water partition coefficient (Wildman–Crippen LogP) is 1.14. The number of hydrogen-bond donors (Lipinski definition) is 0. The molecule has 0 saturated carbocycles. The molecule has 0 atom stereocenters. The van der Waals surface area contributed by atoms with Crippen LogP contribution in [0.25, 0.3) is 0 Å². The Balaban J connectivity index is 2.12. The fraction of sp³-hybridized carbons (Fsp3) is 0.400.